The van der Waals surface area contributed by atoms with Gasteiger partial charge in [0.05, 0.1) is 13.0 Å². The second-order valence-electron chi connectivity index (χ2n) is 4.86. The molecule has 1 heterocycles. The van der Waals surface area contributed by atoms with Crippen LogP contribution < -0.4 is 5.32 Å². The van der Waals surface area contributed by atoms with Gasteiger partial charge < -0.3 is 15.0 Å². The number of benzene rings is 1. The topological polar surface area (TPSA) is 58.6 Å². The van der Waals surface area contributed by atoms with Crippen LogP contribution in [0, 0.1) is 5.82 Å². The van der Waals surface area contributed by atoms with E-state index in [2.05, 4.69) is 5.32 Å². The van der Waals surface area contributed by atoms with Crippen LogP contribution in [0.5, 0.6) is 0 Å². The monoisotopic (exact) mass is 294 g/mol. The molecule has 0 radical (unpaired) electrons. The average Bonchev–Trinajstić information content (AvgIpc) is 2.50. The lowest BCUT2D eigenvalue weighted by Crippen LogP contribution is -2.57. The van der Waals surface area contributed by atoms with Gasteiger partial charge in [0.25, 0.3) is 0 Å². The minimum absolute atomic E-state index is 0.149. The Hall–Kier alpha value is -1.95. The number of esters is 1. The summed E-state index contributed by atoms with van der Waals surface area (Å²) in [5, 5.41) is 3.09. The fourth-order valence-corrected chi connectivity index (χ4v) is 2.33. The maximum atomic E-state index is 12.9. The molecule has 2 rings (SSSR count). The molecule has 1 N–H and O–H groups in total. The van der Waals surface area contributed by atoms with E-state index >= 15 is 0 Å². The van der Waals surface area contributed by atoms with E-state index in [0.717, 1.165) is 5.56 Å². The number of carbonyl (C=O) groups excluding carboxylic acids is 2. The largest absolute Gasteiger partial charge is 0.464 e. The Morgan fingerprint density at radius 3 is 2.76 bits per heavy atom. The first-order chi connectivity index (χ1) is 10.1. The van der Waals surface area contributed by atoms with Crippen molar-refractivity contribution in [3.05, 3.63) is 35.6 Å². The van der Waals surface area contributed by atoms with Gasteiger partial charge in [-0.05, 0) is 24.6 Å². The fraction of sp³-hybridized carbons (Fsp3) is 0.467. The van der Waals surface area contributed by atoms with Gasteiger partial charge in [0.15, 0.2) is 0 Å². The molecule has 1 aromatic carbocycles. The Bertz CT molecular complexity index is 504. The molecule has 1 atom stereocenters. The molecule has 0 spiro atoms. The van der Waals surface area contributed by atoms with Crippen LogP contribution >= 0.6 is 0 Å². The SMILES string of the molecule is CCOC(=O)C1CNCCN1C(=O)Cc1ccc(F)cc1. The lowest BCUT2D eigenvalue weighted by atomic mass is 10.1. The van der Waals surface area contributed by atoms with Crippen molar-refractivity contribution < 1.29 is 18.7 Å². The van der Waals surface area contributed by atoms with E-state index in [1.807, 2.05) is 0 Å². The van der Waals surface area contributed by atoms with E-state index in [4.69, 9.17) is 4.74 Å². The molecule has 114 valence electrons. The molecule has 1 unspecified atom stereocenters. The summed E-state index contributed by atoms with van der Waals surface area (Å²) in [7, 11) is 0. The number of hydrogen-bond donors (Lipinski definition) is 1. The van der Waals surface area contributed by atoms with Crippen LogP contribution in [0.4, 0.5) is 4.39 Å². The Kier molecular flexibility index (Phi) is 5.27. The molecule has 1 aliphatic rings. The number of rotatable bonds is 4. The summed E-state index contributed by atoms with van der Waals surface area (Å²) < 4.78 is 17.9. The highest BCUT2D eigenvalue weighted by molar-refractivity contribution is 5.86. The zero-order valence-corrected chi connectivity index (χ0v) is 12.0. The summed E-state index contributed by atoms with van der Waals surface area (Å²) in [6, 6.07) is 5.21. The first kappa shape index (κ1) is 15.4. The standard InChI is InChI=1S/C15H19FN2O3/c1-2-21-15(20)13-10-17-7-8-18(13)14(19)9-11-3-5-12(16)6-4-11/h3-6,13,17H,2,7-10H2,1H3. The predicted octanol–water partition coefficient (Wildman–Crippen LogP) is 0.732. The maximum Gasteiger partial charge on any atom is 0.330 e. The molecule has 1 amide bonds. The van der Waals surface area contributed by atoms with Gasteiger partial charge >= 0.3 is 5.97 Å². The summed E-state index contributed by atoms with van der Waals surface area (Å²) in [6.45, 7) is 3.52. The molecule has 5 nitrogen and oxygen atoms in total. The van der Waals surface area contributed by atoms with Crippen molar-refractivity contribution in [2.45, 2.75) is 19.4 Å². The Balaban J connectivity index is 2.04. The smallest absolute Gasteiger partial charge is 0.330 e. The van der Waals surface area contributed by atoms with Crippen molar-refractivity contribution in [2.24, 2.45) is 0 Å². The summed E-state index contributed by atoms with van der Waals surface area (Å²) in [5.74, 6) is -0.879. The van der Waals surface area contributed by atoms with Crippen molar-refractivity contribution in [1.82, 2.24) is 10.2 Å². The number of piperazine rings is 1. The normalized spacial score (nSPS) is 18.4. The van der Waals surface area contributed by atoms with Crippen LogP contribution in [0.15, 0.2) is 24.3 Å². The van der Waals surface area contributed by atoms with Gasteiger partial charge in [-0.2, -0.15) is 0 Å². The minimum Gasteiger partial charge on any atom is -0.464 e. The number of carbonyl (C=O) groups is 2. The molecule has 21 heavy (non-hydrogen) atoms. The van der Waals surface area contributed by atoms with Gasteiger partial charge in [0.1, 0.15) is 11.9 Å². The molecule has 1 saturated heterocycles. The molecular weight excluding hydrogens is 275 g/mol. The second-order valence-corrected chi connectivity index (χ2v) is 4.86. The molecule has 0 bridgehead atoms. The molecule has 6 heteroatoms. The third-order valence-corrected chi connectivity index (χ3v) is 3.39. The van der Waals surface area contributed by atoms with E-state index in [-0.39, 0.29) is 24.8 Å². The molecule has 1 aromatic rings. The molecule has 1 aliphatic heterocycles. The molecule has 0 aromatic heterocycles. The number of ether oxygens (including phenoxy) is 1. The predicted molar refractivity (Wildman–Crippen MR) is 75.1 cm³/mol. The van der Waals surface area contributed by atoms with Crippen molar-refractivity contribution in [1.29, 1.82) is 0 Å². The lowest BCUT2D eigenvalue weighted by molar-refractivity contribution is -0.155. The Labute approximate surface area is 123 Å². The summed E-state index contributed by atoms with van der Waals surface area (Å²) in [4.78, 5) is 25.8. The second kappa shape index (κ2) is 7.17. The van der Waals surface area contributed by atoms with Gasteiger partial charge in [-0.3, -0.25) is 4.79 Å². The minimum atomic E-state index is -0.591. The first-order valence-electron chi connectivity index (χ1n) is 7.03. The van der Waals surface area contributed by atoms with Gasteiger partial charge in [0, 0.05) is 19.6 Å². The van der Waals surface area contributed by atoms with Crippen molar-refractivity contribution >= 4 is 11.9 Å². The Morgan fingerprint density at radius 2 is 2.10 bits per heavy atom. The van der Waals surface area contributed by atoms with Crippen molar-refractivity contribution in [2.75, 3.05) is 26.2 Å². The zero-order chi connectivity index (χ0) is 15.2. The number of amides is 1. The zero-order valence-electron chi connectivity index (χ0n) is 12.0. The van der Waals surface area contributed by atoms with Crippen LogP contribution in [-0.2, 0) is 20.7 Å². The van der Waals surface area contributed by atoms with Crippen molar-refractivity contribution in [3.8, 4) is 0 Å². The summed E-state index contributed by atoms with van der Waals surface area (Å²) in [6.07, 6.45) is 0.149. The van der Waals surface area contributed by atoms with Crippen LogP contribution in [-0.4, -0.2) is 49.1 Å². The summed E-state index contributed by atoms with van der Waals surface area (Å²) in [5.41, 5.74) is 0.725. The maximum absolute atomic E-state index is 12.9. The number of nitrogens with zero attached hydrogens (tertiary/aromatic N) is 1. The van der Waals surface area contributed by atoms with Crippen LogP contribution in [0.3, 0.4) is 0 Å². The van der Waals surface area contributed by atoms with E-state index in [1.54, 1.807) is 19.1 Å². The lowest BCUT2D eigenvalue weighted by Gasteiger charge is -2.34. The molecule has 1 fully saturated rings. The average molecular weight is 294 g/mol. The van der Waals surface area contributed by atoms with Crippen molar-refractivity contribution in [3.63, 3.8) is 0 Å². The number of halogens is 1. The fourth-order valence-electron chi connectivity index (χ4n) is 2.33. The van der Waals surface area contributed by atoms with E-state index in [0.29, 0.717) is 19.6 Å². The van der Waals surface area contributed by atoms with E-state index < -0.39 is 12.0 Å². The van der Waals surface area contributed by atoms with Gasteiger partial charge in [0.2, 0.25) is 5.91 Å². The van der Waals surface area contributed by atoms with E-state index in [1.165, 1.54) is 17.0 Å². The Morgan fingerprint density at radius 1 is 1.38 bits per heavy atom. The third-order valence-electron chi connectivity index (χ3n) is 3.39. The highest BCUT2D eigenvalue weighted by atomic mass is 19.1. The van der Waals surface area contributed by atoms with Gasteiger partial charge in [-0.15, -0.1) is 0 Å². The first-order valence-corrected chi connectivity index (χ1v) is 7.03. The van der Waals surface area contributed by atoms with Crippen LogP contribution in [0.25, 0.3) is 0 Å². The highest BCUT2D eigenvalue weighted by Gasteiger charge is 2.32. The number of hydrogen-bond acceptors (Lipinski definition) is 4. The van der Waals surface area contributed by atoms with Gasteiger partial charge in [-0.25, -0.2) is 9.18 Å². The quantitative estimate of drug-likeness (QED) is 0.832. The van der Waals surface area contributed by atoms with Gasteiger partial charge in [-0.1, -0.05) is 12.1 Å². The molecule has 0 aliphatic carbocycles. The third kappa shape index (κ3) is 4.01. The van der Waals surface area contributed by atoms with E-state index in [9.17, 15) is 14.0 Å². The molecular formula is C15H19FN2O3. The van der Waals surface area contributed by atoms with Crippen LogP contribution in [0.2, 0.25) is 0 Å². The highest BCUT2D eigenvalue weighted by Crippen LogP contribution is 2.11. The van der Waals surface area contributed by atoms with Crippen LogP contribution in [0.1, 0.15) is 12.5 Å². The number of nitrogens with one attached hydrogen (secondary N) is 1. The summed E-state index contributed by atoms with van der Waals surface area (Å²) >= 11 is 0. The molecule has 0 saturated carbocycles.